The van der Waals surface area contributed by atoms with Crippen LogP contribution < -0.4 is 4.90 Å². The second-order valence-corrected chi connectivity index (χ2v) is 12.0. The van der Waals surface area contributed by atoms with Crippen molar-refractivity contribution in [2.24, 2.45) is 11.8 Å². The highest BCUT2D eigenvalue weighted by Gasteiger charge is 2.48. The van der Waals surface area contributed by atoms with Crippen molar-refractivity contribution in [2.45, 2.75) is 38.7 Å². The van der Waals surface area contributed by atoms with Gasteiger partial charge in [-0.2, -0.15) is 0 Å². The number of pyridine rings is 1. The Morgan fingerprint density at radius 2 is 1.64 bits per heavy atom. The third-order valence-corrected chi connectivity index (χ3v) is 8.74. The number of imide groups is 1. The first kappa shape index (κ1) is 28.2. The number of nitrogens with zero attached hydrogens (tertiary/aromatic N) is 2. The first-order valence-electron chi connectivity index (χ1n) is 13.8. The monoisotopic (exact) mass is 644 g/mol. The summed E-state index contributed by atoms with van der Waals surface area (Å²) >= 11 is 9.49. The SMILES string of the molecule is CC(OC(=O)c1cc(-c2ccc(N3C(=O)C4CCCCC4C3=O)cc2)nc2ccc(Br)cc12)C(=O)c1cccc(Cl)c1. The van der Waals surface area contributed by atoms with Gasteiger partial charge in [-0.1, -0.05) is 64.6 Å². The predicted octanol–water partition coefficient (Wildman–Crippen LogP) is 7.43. The van der Waals surface area contributed by atoms with Crippen LogP contribution in [-0.4, -0.2) is 34.7 Å². The Bertz CT molecular complexity index is 1730. The van der Waals surface area contributed by atoms with Crippen molar-refractivity contribution in [2.75, 3.05) is 4.90 Å². The average molecular weight is 646 g/mol. The fourth-order valence-corrected chi connectivity index (χ4v) is 6.42. The highest BCUT2D eigenvalue weighted by molar-refractivity contribution is 9.10. The number of hydrogen-bond donors (Lipinski definition) is 0. The molecule has 0 bridgehead atoms. The zero-order valence-corrected chi connectivity index (χ0v) is 25.0. The Kier molecular flexibility index (Phi) is 7.68. The largest absolute Gasteiger partial charge is 0.451 e. The van der Waals surface area contributed by atoms with Gasteiger partial charge in [-0.3, -0.25) is 19.3 Å². The minimum atomic E-state index is -1.05. The number of esters is 1. The molecule has 6 rings (SSSR count). The molecule has 0 N–H and O–H groups in total. The van der Waals surface area contributed by atoms with Gasteiger partial charge < -0.3 is 4.74 Å². The number of amides is 2. The smallest absolute Gasteiger partial charge is 0.339 e. The molecule has 1 saturated heterocycles. The first-order valence-corrected chi connectivity index (χ1v) is 15.0. The summed E-state index contributed by atoms with van der Waals surface area (Å²) in [4.78, 5) is 58.6. The normalized spacial score (nSPS) is 19.1. The van der Waals surface area contributed by atoms with Gasteiger partial charge >= 0.3 is 5.97 Å². The van der Waals surface area contributed by atoms with Gasteiger partial charge in [0.25, 0.3) is 0 Å². The van der Waals surface area contributed by atoms with Crippen LogP contribution in [0.3, 0.4) is 0 Å². The molecule has 2 fully saturated rings. The molecular weight excluding hydrogens is 620 g/mol. The van der Waals surface area contributed by atoms with Crippen LogP contribution in [0.1, 0.15) is 53.3 Å². The van der Waals surface area contributed by atoms with E-state index < -0.39 is 12.1 Å². The zero-order valence-electron chi connectivity index (χ0n) is 22.7. The maximum atomic E-state index is 13.5. The lowest BCUT2D eigenvalue weighted by Gasteiger charge is -2.19. The van der Waals surface area contributed by atoms with E-state index in [-0.39, 0.29) is 35.0 Å². The number of ether oxygens (including phenoxy) is 1. The van der Waals surface area contributed by atoms with Crippen LogP contribution in [0.5, 0.6) is 0 Å². The van der Waals surface area contributed by atoms with Crippen molar-refractivity contribution < 1.29 is 23.9 Å². The summed E-state index contributed by atoms with van der Waals surface area (Å²) in [6.45, 7) is 1.52. The number of halogens is 2. The van der Waals surface area contributed by atoms with Crippen LogP contribution in [0, 0.1) is 11.8 Å². The molecule has 42 heavy (non-hydrogen) atoms. The third kappa shape index (κ3) is 5.25. The van der Waals surface area contributed by atoms with E-state index in [4.69, 9.17) is 21.3 Å². The number of rotatable bonds is 6. The van der Waals surface area contributed by atoms with E-state index in [9.17, 15) is 19.2 Å². The number of ketones is 1. The van der Waals surface area contributed by atoms with Gasteiger partial charge in [0.1, 0.15) is 0 Å². The third-order valence-electron chi connectivity index (χ3n) is 8.02. The lowest BCUT2D eigenvalue weighted by molar-refractivity contribution is -0.122. The summed E-state index contributed by atoms with van der Waals surface area (Å²) in [5.41, 5.74) is 2.89. The second-order valence-electron chi connectivity index (χ2n) is 10.7. The molecule has 1 aliphatic carbocycles. The summed E-state index contributed by atoms with van der Waals surface area (Å²) < 4.78 is 6.39. The van der Waals surface area contributed by atoms with Gasteiger partial charge in [0.05, 0.1) is 34.3 Å². The molecule has 0 spiro atoms. The van der Waals surface area contributed by atoms with Crippen LogP contribution in [0.2, 0.25) is 5.02 Å². The van der Waals surface area contributed by atoms with Gasteiger partial charge in [-0.05, 0) is 68.3 Å². The molecule has 3 unspecified atom stereocenters. The lowest BCUT2D eigenvalue weighted by Crippen LogP contribution is -2.30. The van der Waals surface area contributed by atoms with Crippen LogP contribution in [0.25, 0.3) is 22.2 Å². The fraction of sp³-hybridized carbons (Fsp3) is 0.242. The van der Waals surface area contributed by atoms with E-state index >= 15 is 0 Å². The number of carbonyl (C=O) groups excluding carboxylic acids is 4. The van der Waals surface area contributed by atoms with Crippen molar-refractivity contribution in [1.82, 2.24) is 4.98 Å². The predicted molar refractivity (Wildman–Crippen MR) is 163 cm³/mol. The number of anilines is 1. The highest BCUT2D eigenvalue weighted by atomic mass is 79.9. The Labute approximate surface area is 256 Å². The van der Waals surface area contributed by atoms with Gasteiger partial charge in [-0.25, -0.2) is 9.78 Å². The minimum Gasteiger partial charge on any atom is -0.451 e. The zero-order chi connectivity index (χ0) is 29.5. The van der Waals surface area contributed by atoms with Crippen molar-refractivity contribution in [1.29, 1.82) is 0 Å². The molecule has 3 aromatic carbocycles. The quantitative estimate of drug-likeness (QED) is 0.123. The van der Waals surface area contributed by atoms with E-state index in [1.807, 2.05) is 6.07 Å². The highest BCUT2D eigenvalue weighted by Crippen LogP contribution is 2.40. The van der Waals surface area contributed by atoms with Crippen molar-refractivity contribution in [3.63, 3.8) is 0 Å². The molecule has 9 heteroatoms. The van der Waals surface area contributed by atoms with Crippen molar-refractivity contribution in [3.05, 3.63) is 93.4 Å². The molecule has 2 amide bonds. The molecule has 4 aromatic rings. The van der Waals surface area contributed by atoms with Crippen LogP contribution >= 0.6 is 27.5 Å². The molecule has 0 radical (unpaired) electrons. The van der Waals surface area contributed by atoms with Crippen LogP contribution in [0.4, 0.5) is 5.69 Å². The maximum absolute atomic E-state index is 13.5. The summed E-state index contributed by atoms with van der Waals surface area (Å²) in [5.74, 6) is -1.75. The molecule has 1 aromatic heterocycles. The summed E-state index contributed by atoms with van der Waals surface area (Å²) in [7, 11) is 0. The first-order chi connectivity index (χ1) is 20.2. The van der Waals surface area contributed by atoms with Crippen LogP contribution in [0.15, 0.2) is 77.3 Å². The van der Waals surface area contributed by atoms with Gasteiger partial charge in [0.15, 0.2) is 6.10 Å². The fourth-order valence-electron chi connectivity index (χ4n) is 5.87. The second kappa shape index (κ2) is 11.4. The maximum Gasteiger partial charge on any atom is 0.339 e. The number of aromatic nitrogens is 1. The lowest BCUT2D eigenvalue weighted by atomic mass is 9.81. The van der Waals surface area contributed by atoms with Crippen molar-refractivity contribution in [3.8, 4) is 11.3 Å². The summed E-state index contributed by atoms with van der Waals surface area (Å²) in [5, 5.41) is 0.977. The Balaban J connectivity index is 1.30. The average Bonchev–Trinajstić information content (AvgIpc) is 3.25. The molecule has 3 atom stereocenters. The number of benzene rings is 3. The molecule has 2 heterocycles. The number of fused-ring (bicyclic) bond motifs is 2. The van der Waals surface area contributed by atoms with E-state index in [1.54, 1.807) is 60.7 Å². The molecular formula is C33H26BrClN2O5. The molecule has 212 valence electrons. The van der Waals surface area contributed by atoms with E-state index in [1.165, 1.54) is 17.9 Å². The molecule has 7 nitrogen and oxygen atoms in total. The van der Waals surface area contributed by atoms with Gasteiger partial charge in [-0.15, -0.1) is 0 Å². The minimum absolute atomic E-state index is 0.127. The van der Waals surface area contributed by atoms with E-state index in [0.29, 0.717) is 38.4 Å². The molecule has 2 aliphatic rings. The standard InChI is InChI=1S/C33H26BrClN2O5/c1-18(30(38)20-5-4-6-22(35)15-20)42-33(41)27-17-29(36-28-14-11-21(34)16-26(27)28)19-9-12-23(13-10-19)37-31(39)24-7-2-3-8-25(24)32(37)40/h4-6,9-18,24-25H,2-3,7-8H2,1H3. The van der Waals surface area contributed by atoms with Gasteiger partial charge in [0, 0.05) is 26.0 Å². The van der Waals surface area contributed by atoms with Crippen molar-refractivity contribution >= 4 is 67.7 Å². The van der Waals surface area contributed by atoms with E-state index in [0.717, 1.165) is 30.2 Å². The van der Waals surface area contributed by atoms with Crippen LogP contribution in [-0.2, 0) is 14.3 Å². The number of carbonyl (C=O) groups is 4. The Morgan fingerprint density at radius 3 is 2.31 bits per heavy atom. The molecule has 1 aliphatic heterocycles. The topological polar surface area (TPSA) is 93.6 Å². The number of Topliss-reactive ketones (excluding diaryl/α,β-unsaturated/α-hetero) is 1. The Hall–Kier alpha value is -3.88. The summed E-state index contributed by atoms with van der Waals surface area (Å²) in [6.07, 6.45) is 2.39. The van der Waals surface area contributed by atoms with E-state index in [2.05, 4.69) is 15.9 Å². The summed E-state index contributed by atoms with van der Waals surface area (Å²) in [6, 6.07) is 20.5. The van der Waals surface area contributed by atoms with Gasteiger partial charge in [0.2, 0.25) is 17.6 Å². The Morgan fingerprint density at radius 1 is 0.952 bits per heavy atom. The molecule has 1 saturated carbocycles. The number of hydrogen-bond acceptors (Lipinski definition) is 6.